The van der Waals surface area contributed by atoms with Crippen molar-refractivity contribution in [2.24, 2.45) is 5.92 Å². The van der Waals surface area contributed by atoms with Crippen LogP contribution in [0.2, 0.25) is 0 Å². The summed E-state index contributed by atoms with van der Waals surface area (Å²) in [6.07, 6.45) is 4.64. The summed E-state index contributed by atoms with van der Waals surface area (Å²) in [5, 5.41) is 5.88. The Balaban J connectivity index is 1.56. The molecule has 6 nitrogen and oxygen atoms in total. The Hall–Kier alpha value is -2.37. The highest BCUT2D eigenvalue weighted by Gasteiger charge is 2.45. The Bertz CT molecular complexity index is 697. The molecule has 2 atom stereocenters. The Morgan fingerprint density at radius 1 is 1.12 bits per heavy atom. The van der Waals surface area contributed by atoms with Gasteiger partial charge in [-0.2, -0.15) is 0 Å². The van der Waals surface area contributed by atoms with Gasteiger partial charge in [-0.25, -0.2) is 0 Å². The first-order valence-electron chi connectivity index (χ1n) is 8.66. The molecule has 1 aliphatic carbocycles. The second-order valence-corrected chi connectivity index (χ2v) is 6.86. The molecular weight excluding hydrogens is 306 g/mol. The molecule has 1 aromatic rings. The number of carbonyl (C=O) groups excluding carboxylic acids is 3. The van der Waals surface area contributed by atoms with Crippen molar-refractivity contribution >= 4 is 23.4 Å². The van der Waals surface area contributed by atoms with Gasteiger partial charge in [0.25, 0.3) is 5.91 Å². The number of rotatable bonds is 2. The summed E-state index contributed by atoms with van der Waals surface area (Å²) >= 11 is 0. The zero-order chi connectivity index (χ0) is 16.7. The van der Waals surface area contributed by atoms with Crippen LogP contribution in [-0.4, -0.2) is 41.2 Å². The van der Waals surface area contributed by atoms with E-state index in [2.05, 4.69) is 10.6 Å². The smallest absolute Gasteiger partial charge is 0.256 e. The largest absolute Gasteiger partial charge is 0.350 e. The number of nitrogens with one attached hydrogen (secondary N) is 2. The maximum Gasteiger partial charge on any atom is 0.256 e. The number of carbonyl (C=O) groups is 3. The highest BCUT2D eigenvalue weighted by Crippen LogP contribution is 2.30. The zero-order valence-corrected chi connectivity index (χ0v) is 13.5. The van der Waals surface area contributed by atoms with Crippen LogP contribution < -0.4 is 10.6 Å². The zero-order valence-electron chi connectivity index (χ0n) is 13.5. The third-order valence-corrected chi connectivity index (χ3v) is 5.40. The number of benzene rings is 1. The number of hydrogen-bond acceptors (Lipinski definition) is 3. The van der Waals surface area contributed by atoms with E-state index in [0.29, 0.717) is 24.2 Å². The Kier molecular flexibility index (Phi) is 3.75. The van der Waals surface area contributed by atoms with Gasteiger partial charge in [0.15, 0.2) is 0 Å². The Morgan fingerprint density at radius 2 is 1.88 bits per heavy atom. The first-order valence-corrected chi connectivity index (χ1v) is 8.66. The van der Waals surface area contributed by atoms with Crippen LogP contribution in [0.25, 0.3) is 0 Å². The molecule has 2 heterocycles. The lowest BCUT2D eigenvalue weighted by Gasteiger charge is -2.25. The van der Waals surface area contributed by atoms with Gasteiger partial charge in [0.1, 0.15) is 6.04 Å². The minimum atomic E-state index is -0.629. The summed E-state index contributed by atoms with van der Waals surface area (Å²) in [4.78, 5) is 39.5. The lowest BCUT2D eigenvalue weighted by molar-refractivity contribution is -0.126. The van der Waals surface area contributed by atoms with Crippen LogP contribution in [0.1, 0.15) is 42.5 Å². The first kappa shape index (κ1) is 15.2. The second kappa shape index (κ2) is 5.92. The molecule has 2 aliphatic heterocycles. The van der Waals surface area contributed by atoms with E-state index in [9.17, 15) is 14.4 Å². The van der Waals surface area contributed by atoms with Crippen molar-refractivity contribution in [2.75, 3.05) is 11.9 Å². The molecule has 2 unspecified atom stereocenters. The van der Waals surface area contributed by atoms with Gasteiger partial charge < -0.3 is 15.5 Å². The fourth-order valence-electron chi connectivity index (χ4n) is 4.12. The van der Waals surface area contributed by atoms with Crippen LogP contribution in [0, 0.1) is 5.92 Å². The number of fused-ring (bicyclic) bond motifs is 2. The molecule has 1 saturated heterocycles. The van der Waals surface area contributed by atoms with E-state index in [1.54, 1.807) is 29.2 Å². The summed E-state index contributed by atoms with van der Waals surface area (Å²) in [6, 6.07) is 6.11. The summed E-state index contributed by atoms with van der Waals surface area (Å²) in [7, 11) is 0. The lowest BCUT2D eigenvalue weighted by atomic mass is 10.0. The molecule has 6 heteroatoms. The highest BCUT2D eigenvalue weighted by atomic mass is 16.2. The summed E-state index contributed by atoms with van der Waals surface area (Å²) in [5.41, 5.74) is 1.05. The van der Waals surface area contributed by atoms with Crippen molar-refractivity contribution in [1.82, 2.24) is 10.2 Å². The molecule has 0 spiro atoms. The average molecular weight is 327 g/mol. The van der Waals surface area contributed by atoms with Gasteiger partial charge in [0.2, 0.25) is 11.8 Å². The summed E-state index contributed by atoms with van der Waals surface area (Å²) in [5.74, 6) is -0.281. The summed E-state index contributed by atoms with van der Waals surface area (Å²) < 4.78 is 0. The summed E-state index contributed by atoms with van der Waals surface area (Å²) in [6.45, 7) is 0.487. The minimum Gasteiger partial charge on any atom is -0.350 e. The van der Waals surface area contributed by atoms with Gasteiger partial charge in [-0.15, -0.1) is 0 Å². The number of hydrogen-bond donors (Lipinski definition) is 2. The van der Waals surface area contributed by atoms with E-state index in [-0.39, 0.29) is 29.7 Å². The highest BCUT2D eigenvalue weighted by molar-refractivity contribution is 6.10. The number of nitrogens with zero attached hydrogens (tertiary/aromatic N) is 1. The van der Waals surface area contributed by atoms with E-state index >= 15 is 0 Å². The van der Waals surface area contributed by atoms with Gasteiger partial charge >= 0.3 is 0 Å². The van der Waals surface area contributed by atoms with Gasteiger partial charge in [-0.1, -0.05) is 25.0 Å². The predicted octanol–water partition coefficient (Wildman–Crippen LogP) is 1.53. The number of amides is 3. The van der Waals surface area contributed by atoms with Gasteiger partial charge in [0.05, 0.1) is 17.3 Å². The molecule has 3 amide bonds. The molecule has 1 aromatic carbocycles. The Labute approximate surface area is 140 Å². The maximum atomic E-state index is 12.8. The quantitative estimate of drug-likeness (QED) is 0.864. The fraction of sp³-hybridized carbons (Fsp3) is 0.500. The van der Waals surface area contributed by atoms with Gasteiger partial charge in [-0.3, -0.25) is 14.4 Å². The molecule has 4 rings (SSSR count). The molecule has 2 N–H and O–H groups in total. The van der Waals surface area contributed by atoms with Crippen molar-refractivity contribution in [1.29, 1.82) is 0 Å². The SMILES string of the molecule is O=C(NC1CCN2C(=O)c3ccccc3NC(=O)C12)C1CCCC1. The fourth-order valence-corrected chi connectivity index (χ4v) is 4.12. The van der Waals surface area contributed by atoms with Crippen molar-refractivity contribution in [3.05, 3.63) is 29.8 Å². The molecule has 3 aliphatic rings. The third-order valence-electron chi connectivity index (χ3n) is 5.40. The van der Waals surface area contributed by atoms with Crippen molar-refractivity contribution in [3.63, 3.8) is 0 Å². The molecular formula is C18H21N3O3. The molecule has 0 radical (unpaired) electrons. The van der Waals surface area contributed by atoms with E-state index in [0.717, 1.165) is 25.7 Å². The number of para-hydroxylation sites is 1. The van der Waals surface area contributed by atoms with E-state index in [1.807, 2.05) is 0 Å². The Morgan fingerprint density at radius 3 is 2.67 bits per heavy atom. The average Bonchev–Trinajstić information content (AvgIpc) is 3.22. The van der Waals surface area contributed by atoms with Gasteiger partial charge in [0, 0.05) is 12.5 Å². The van der Waals surface area contributed by atoms with Crippen molar-refractivity contribution in [2.45, 2.75) is 44.2 Å². The van der Waals surface area contributed by atoms with E-state index in [1.165, 1.54) is 0 Å². The molecule has 24 heavy (non-hydrogen) atoms. The molecule has 2 fully saturated rings. The number of anilines is 1. The minimum absolute atomic E-state index is 0.0290. The molecule has 0 bridgehead atoms. The lowest BCUT2D eigenvalue weighted by Crippen LogP contribution is -2.52. The predicted molar refractivity (Wildman–Crippen MR) is 88.4 cm³/mol. The maximum absolute atomic E-state index is 12.8. The first-order chi connectivity index (χ1) is 11.6. The van der Waals surface area contributed by atoms with Crippen LogP contribution in [0.15, 0.2) is 24.3 Å². The molecule has 126 valence electrons. The standard InChI is InChI=1S/C18H21N3O3/c22-16(11-5-1-2-6-11)20-14-9-10-21-15(14)17(23)19-13-8-4-3-7-12(13)18(21)24/h3-4,7-8,11,14-15H,1-2,5-6,9-10H2,(H,19,23)(H,20,22). The molecule has 1 saturated carbocycles. The van der Waals surface area contributed by atoms with Crippen LogP contribution in [0.5, 0.6) is 0 Å². The van der Waals surface area contributed by atoms with Crippen LogP contribution >= 0.6 is 0 Å². The van der Waals surface area contributed by atoms with Gasteiger partial charge in [-0.05, 0) is 31.4 Å². The van der Waals surface area contributed by atoms with Crippen LogP contribution in [0.4, 0.5) is 5.69 Å². The van der Waals surface area contributed by atoms with Crippen molar-refractivity contribution in [3.8, 4) is 0 Å². The van der Waals surface area contributed by atoms with Crippen molar-refractivity contribution < 1.29 is 14.4 Å². The third kappa shape index (κ3) is 2.46. The topological polar surface area (TPSA) is 78.5 Å². The molecule has 0 aromatic heterocycles. The van der Waals surface area contributed by atoms with E-state index in [4.69, 9.17) is 0 Å². The second-order valence-electron chi connectivity index (χ2n) is 6.86. The van der Waals surface area contributed by atoms with Crippen LogP contribution in [0.3, 0.4) is 0 Å². The normalized spacial score (nSPS) is 26.6. The van der Waals surface area contributed by atoms with E-state index < -0.39 is 6.04 Å². The monoisotopic (exact) mass is 327 g/mol. The van der Waals surface area contributed by atoms with Crippen LogP contribution in [-0.2, 0) is 9.59 Å².